The molecule has 1 atom stereocenters. The molecule has 1 aromatic heterocycles. The smallest absolute Gasteiger partial charge is 0.357 e. The topological polar surface area (TPSA) is 95.0 Å². The van der Waals surface area contributed by atoms with E-state index in [0.29, 0.717) is 5.56 Å². The van der Waals surface area contributed by atoms with Crippen molar-refractivity contribution in [1.29, 1.82) is 0 Å². The molecule has 2 heterocycles. The van der Waals surface area contributed by atoms with Crippen LogP contribution in [-0.2, 0) is 9.47 Å². The zero-order chi connectivity index (χ0) is 14.7. The molecule has 108 valence electrons. The van der Waals surface area contributed by atoms with Gasteiger partial charge in [-0.15, -0.1) is 0 Å². The first kappa shape index (κ1) is 14.3. The maximum Gasteiger partial charge on any atom is 0.357 e. The van der Waals surface area contributed by atoms with Gasteiger partial charge in [0.2, 0.25) is 5.88 Å². The Morgan fingerprint density at radius 1 is 1.35 bits per heavy atom. The normalized spacial score (nSPS) is 16.2. The second-order valence-electron chi connectivity index (χ2n) is 4.05. The molecule has 1 aliphatic heterocycles. The summed E-state index contributed by atoms with van der Waals surface area (Å²) in [5.41, 5.74) is 0.160. The van der Waals surface area contributed by atoms with Crippen LogP contribution in [0.25, 0.3) is 0 Å². The van der Waals surface area contributed by atoms with E-state index in [1.54, 1.807) is 13.8 Å². The third-order valence-electron chi connectivity index (χ3n) is 2.72. The number of aliphatic hydroxyl groups is 1. The van der Waals surface area contributed by atoms with Crippen LogP contribution in [0.5, 0.6) is 5.88 Å². The Hall–Kier alpha value is -2.15. The molecule has 1 N–H and O–H groups in total. The Bertz CT molecular complexity index is 542. The van der Waals surface area contributed by atoms with Gasteiger partial charge < -0.3 is 19.3 Å². The van der Waals surface area contributed by atoms with Gasteiger partial charge in [-0.2, -0.15) is 0 Å². The largest absolute Gasteiger partial charge is 0.474 e. The molecule has 0 aliphatic carbocycles. The van der Waals surface area contributed by atoms with Gasteiger partial charge in [0.1, 0.15) is 12.7 Å². The first-order chi connectivity index (χ1) is 9.58. The number of esters is 2. The van der Waals surface area contributed by atoms with E-state index in [-0.39, 0.29) is 37.0 Å². The fourth-order valence-electron chi connectivity index (χ4n) is 1.83. The van der Waals surface area contributed by atoms with Gasteiger partial charge in [0.15, 0.2) is 5.69 Å². The van der Waals surface area contributed by atoms with Crippen molar-refractivity contribution in [1.82, 2.24) is 4.98 Å². The fourth-order valence-corrected chi connectivity index (χ4v) is 1.83. The highest BCUT2D eigenvalue weighted by Crippen LogP contribution is 2.32. The van der Waals surface area contributed by atoms with Crippen molar-refractivity contribution in [3.05, 3.63) is 22.9 Å². The monoisotopic (exact) mass is 281 g/mol. The van der Waals surface area contributed by atoms with Crippen LogP contribution in [0, 0.1) is 0 Å². The lowest BCUT2D eigenvalue weighted by Crippen LogP contribution is -2.16. The molecule has 7 heteroatoms. The number of carbonyl (C=O) groups is 2. The lowest BCUT2D eigenvalue weighted by Gasteiger charge is -2.09. The lowest BCUT2D eigenvalue weighted by molar-refractivity contribution is 0.0472. The molecule has 20 heavy (non-hydrogen) atoms. The van der Waals surface area contributed by atoms with E-state index in [2.05, 4.69) is 4.98 Å². The predicted octanol–water partition coefficient (Wildman–Crippen LogP) is 0.861. The van der Waals surface area contributed by atoms with Crippen molar-refractivity contribution in [2.45, 2.75) is 20.0 Å². The molecule has 0 radical (unpaired) electrons. The van der Waals surface area contributed by atoms with Gasteiger partial charge in [0.25, 0.3) is 0 Å². The number of hydrogen-bond donors (Lipinski definition) is 1. The summed E-state index contributed by atoms with van der Waals surface area (Å²) in [6.07, 6.45) is -0.873. The maximum absolute atomic E-state index is 11.9. The zero-order valence-corrected chi connectivity index (χ0v) is 11.2. The number of carbonyl (C=O) groups excluding carboxylic acids is 2. The number of ether oxygens (including phenoxy) is 3. The number of aromatic nitrogens is 1. The van der Waals surface area contributed by atoms with Crippen molar-refractivity contribution in [2.75, 3.05) is 19.8 Å². The second kappa shape index (κ2) is 5.87. The Morgan fingerprint density at radius 3 is 2.65 bits per heavy atom. The number of aliphatic hydroxyl groups excluding tert-OH is 1. The van der Waals surface area contributed by atoms with Crippen LogP contribution < -0.4 is 4.74 Å². The summed E-state index contributed by atoms with van der Waals surface area (Å²) < 4.78 is 14.9. The first-order valence-corrected chi connectivity index (χ1v) is 6.28. The SMILES string of the molecule is CCOC(=O)c1cc2c(nc1C(=O)OCC)OCC2O. The fraction of sp³-hybridized carbons (Fsp3) is 0.462. The van der Waals surface area contributed by atoms with Gasteiger partial charge in [-0.25, -0.2) is 14.6 Å². The third kappa shape index (κ3) is 2.57. The molecule has 0 saturated carbocycles. The van der Waals surface area contributed by atoms with E-state index >= 15 is 0 Å². The van der Waals surface area contributed by atoms with Crippen molar-refractivity contribution < 1.29 is 28.9 Å². The minimum absolute atomic E-state index is 0.0337. The number of hydrogen-bond acceptors (Lipinski definition) is 7. The molecule has 0 bridgehead atoms. The quantitative estimate of drug-likeness (QED) is 0.818. The molecular weight excluding hydrogens is 266 g/mol. The van der Waals surface area contributed by atoms with Crippen LogP contribution >= 0.6 is 0 Å². The first-order valence-electron chi connectivity index (χ1n) is 6.28. The van der Waals surface area contributed by atoms with E-state index < -0.39 is 18.0 Å². The number of fused-ring (bicyclic) bond motifs is 1. The standard InChI is InChI=1S/C13H15NO6/c1-3-18-12(16)8-5-7-9(15)6-20-11(7)14-10(8)13(17)19-4-2/h5,9,15H,3-4,6H2,1-2H3. The van der Waals surface area contributed by atoms with Crippen LogP contribution in [0.15, 0.2) is 6.07 Å². The van der Waals surface area contributed by atoms with Gasteiger partial charge in [0.05, 0.1) is 18.8 Å². The van der Waals surface area contributed by atoms with Gasteiger partial charge in [-0.3, -0.25) is 0 Å². The predicted molar refractivity (Wildman–Crippen MR) is 66.6 cm³/mol. The van der Waals surface area contributed by atoms with Crippen LogP contribution in [0.1, 0.15) is 46.4 Å². The summed E-state index contributed by atoms with van der Waals surface area (Å²) in [5.74, 6) is -1.29. The Balaban J connectivity index is 2.48. The molecule has 1 aromatic rings. The molecule has 1 unspecified atom stereocenters. The summed E-state index contributed by atoms with van der Waals surface area (Å²) in [4.78, 5) is 27.7. The summed E-state index contributed by atoms with van der Waals surface area (Å²) in [5, 5.41) is 9.72. The van der Waals surface area contributed by atoms with Crippen molar-refractivity contribution in [3.63, 3.8) is 0 Å². The van der Waals surface area contributed by atoms with E-state index in [4.69, 9.17) is 14.2 Å². The minimum Gasteiger partial charge on any atom is -0.474 e. The second-order valence-corrected chi connectivity index (χ2v) is 4.05. The Morgan fingerprint density at radius 2 is 2.00 bits per heavy atom. The average molecular weight is 281 g/mol. The van der Waals surface area contributed by atoms with Gasteiger partial charge in [0, 0.05) is 5.56 Å². The molecule has 7 nitrogen and oxygen atoms in total. The highest BCUT2D eigenvalue weighted by atomic mass is 16.5. The highest BCUT2D eigenvalue weighted by molar-refractivity contribution is 6.02. The van der Waals surface area contributed by atoms with E-state index in [1.807, 2.05) is 0 Å². The average Bonchev–Trinajstić information content (AvgIpc) is 2.79. The summed E-state index contributed by atoms with van der Waals surface area (Å²) in [7, 11) is 0. The summed E-state index contributed by atoms with van der Waals surface area (Å²) >= 11 is 0. The van der Waals surface area contributed by atoms with Crippen LogP contribution in [-0.4, -0.2) is 41.8 Å². The minimum atomic E-state index is -0.873. The molecule has 0 aromatic carbocycles. The van der Waals surface area contributed by atoms with Crippen molar-refractivity contribution in [2.24, 2.45) is 0 Å². The molecule has 0 amide bonds. The van der Waals surface area contributed by atoms with Crippen LogP contribution in [0.3, 0.4) is 0 Å². The molecule has 0 spiro atoms. The molecule has 2 rings (SSSR count). The molecule has 0 fully saturated rings. The molecular formula is C13H15NO6. The summed E-state index contributed by atoms with van der Waals surface area (Å²) in [6.45, 7) is 3.66. The number of pyridine rings is 1. The van der Waals surface area contributed by atoms with Gasteiger partial charge >= 0.3 is 11.9 Å². The number of rotatable bonds is 4. The van der Waals surface area contributed by atoms with E-state index in [1.165, 1.54) is 6.07 Å². The number of nitrogens with zero attached hydrogens (tertiary/aromatic N) is 1. The summed E-state index contributed by atoms with van der Waals surface area (Å²) in [6, 6.07) is 1.37. The molecule has 1 aliphatic rings. The van der Waals surface area contributed by atoms with Gasteiger partial charge in [-0.1, -0.05) is 0 Å². The van der Waals surface area contributed by atoms with E-state index in [0.717, 1.165) is 0 Å². The molecule has 0 saturated heterocycles. The van der Waals surface area contributed by atoms with Crippen molar-refractivity contribution >= 4 is 11.9 Å². The third-order valence-corrected chi connectivity index (χ3v) is 2.72. The van der Waals surface area contributed by atoms with Crippen LogP contribution in [0.4, 0.5) is 0 Å². The zero-order valence-electron chi connectivity index (χ0n) is 11.2. The van der Waals surface area contributed by atoms with E-state index in [9.17, 15) is 14.7 Å². The Labute approximate surface area is 115 Å². The van der Waals surface area contributed by atoms with Gasteiger partial charge in [-0.05, 0) is 19.9 Å². The Kier molecular flexibility index (Phi) is 4.19. The lowest BCUT2D eigenvalue weighted by atomic mass is 10.1. The van der Waals surface area contributed by atoms with Crippen molar-refractivity contribution in [3.8, 4) is 5.88 Å². The highest BCUT2D eigenvalue weighted by Gasteiger charge is 2.30. The maximum atomic E-state index is 11.9. The van der Waals surface area contributed by atoms with Crippen LogP contribution in [0.2, 0.25) is 0 Å².